The van der Waals surface area contributed by atoms with E-state index in [4.69, 9.17) is 21.3 Å². The maximum atomic E-state index is 12.5. The standard InChI is InChI=1S/C20H25ClN6O3/c1-11-12(2)27-16-17(25(3)20(29)24-18(16)28)23-19(27)26(11)9-5-8-22-13-6-7-15(30-4)14(21)10-13/h6-7,10,16-17,22H,5,8-9H2,1-4H3,(H,24,28,29). The summed E-state index contributed by atoms with van der Waals surface area (Å²) < 4.78 is 5.17. The summed E-state index contributed by atoms with van der Waals surface area (Å²) in [6.45, 7) is 5.48. The lowest BCUT2D eigenvalue weighted by molar-refractivity contribution is -0.126. The van der Waals surface area contributed by atoms with Crippen LogP contribution >= 0.6 is 11.6 Å². The molecule has 0 bridgehead atoms. The maximum absolute atomic E-state index is 12.5. The molecule has 3 aliphatic heterocycles. The summed E-state index contributed by atoms with van der Waals surface area (Å²) in [6.07, 6.45) is 0.337. The van der Waals surface area contributed by atoms with Gasteiger partial charge in [0.2, 0.25) is 5.96 Å². The molecule has 2 N–H and O–H groups in total. The van der Waals surface area contributed by atoms with Crippen molar-refractivity contribution in [3.63, 3.8) is 0 Å². The highest BCUT2D eigenvalue weighted by Gasteiger charge is 2.52. The Morgan fingerprint density at radius 3 is 2.73 bits per heavy atom. The van der Waals surface area contributed by atoms with Gasteiger partial charge in [0.05, 0.1) is 12.1 Å². The zero-order valence-electron chi connectivity index (χ0n) is 17.4. The van der Waals surface area contributed by atoms with E-state index in [9.17, 15) is 9.59 Å². The van der Waals surface area contributed by atoms with E-state index in [0.717, 1.165) is 42.6 Å². The molecule has 4 rings (SSSR count). The number of hydrogen-bond acceptors (Lipinski definition) is 7. The summed E-state index contributed by atoms with van der Waals surface area (Å²) in [7, 11) is 3.25. The number of fused-ring (bicyclic) bond motifs is 3. The van der Waals surface area contributed by atoms with E-state index in [1.165, 1.54) is 4.90 Å². The van der Waals surface area contributed by atoms with Gasteiger partial charge in [0.1, 0.15) is 5.75 Å². The number of methoxy groups -OCH3 is 1. The summed E-state index contributed by atoms with van der Waals surface area (Å²) in [5.41, 5.74) is 2.97. The van der Waals surface area contributed by atoms with Crippen LogP contribution in [0.15, 0.2) is 34.6 Å². The fourth-order valence-electron chi connectivity index (χ4n) is 4.04. The van der Waals surface area contributed by atoms with Crippen molar-refractivity contribution in [1.29, 1.82) is 0 Å². The largest absolute Gasteiger partial charge is 0.495 e. The van der Waals surface area contributed by atoms with Crippen molar-refractivity contribution in [2.75, 3.05) is 32.6 Å². The number of nitrogens with one attached hydrogen (secondary N) is 2. The van der Waals surface area contributed by atoms with Crippen molar-refractivity contribution in [3.8, 4) is 5.75 Å². The number of carbonyl (C=O) groups is 2. The van der Waals surface area contributed by atoms with Gasteiger partial charge in [-0.25, -0.2) is 9.79 Å². The molecule has 0 saturated carbocycles. The van der Waals surface area contributed by atoms with Gasteiger partial charge in [-0.05, 0) is 38.5 Å². The Bertz CT molecular complexity index is 962. The molecular formula is C20H25ClN6O3. The number of halogens is 1. The lowest BCUT2D eigenvalue weighted by Gasteiger charge is -2.35. The average Bonchev–Trinajstić information content (AvgIpc) is 3.21. The van der Waals surface area contributed by atoms with Crippen molar-refractivity contribution in [2.45, 2.75) is 32.5 Å². The molecule has 9 nitrogen and oxygen atoms in total. The van der Waals surface area contributed by atoms with Crippen LogP contribution in [0, 0.1) is 0 Å². The van der Waals surface area contributed by atoms with Gasteiger partial charge in [-0.2, -0.15) is 0 Å². The Labute approximate surface area is 180 Å². The van der Waals surface area contributed by atoms with Crippen molar-refractivity contribution in [3.05, 3.63) is 34.6 Å². The van der Waals surface area contributed by atoms with Crippen molar-refractivity contribution in [1.82, 2.24) is 20.0 Å². The fraction of sp³-hybridized carbons (Fsp3) is 0.450. The third-order valence-electron chi connectivity index (χ3n) is 5.81. The normalized spacial score (nSPS) is 22.8. The van der Waals surface area contributed by atoms with Crippen molar-refractivity contribution in [2.24, 2.45) is 4.99 Å². The van der Waals surface area contributed by atoms with Gasteiger partial charge >= 0.3 is 6.03 Å². The lowest BCUT2D eigenvalue weighted by Crippen LogP contribution is -2.63. The minimum atomic E-state index is -0.526. The number of carbonyl (C=O) groups excluding carboxylic acids is 2. The molecule has 2 unspecified atom stereocenters. The molecule has 0 radical (unpaired) electrons. The van der Waals surface area contributed by atoms with Gasteiger partial charge in [-0.15, -0.1) is 0 Å². The molecule has 3 amide bonds. The number of amides is 3. The summed E-state index contributed by atoms with van der Waals surface area (Å²) in [5, 5.41) is 6.33. The molecule has 10 heteroatoms. The van der Waals surface area contributed by atoms with E-state index in [2.05, 4.69) is 15.5 Å². The third kappa shape index (κ3) is 3.23. The zero-order chi connectivity index (χ0) is 21.6. The second kappa shape index (κ2) is 7.71. The molecule has 0 aliphatic carbocycles. The van der Waals surface area contributed by atoms with Gasteiger partial charge in [-0.1, -0.05) is 11.6 Å². The van der Waals surface area contributed by atoms with Crippen molar-refractivity contribution < 1.29 is 14.3 Å². The van der Waals surface area contributed by atoms with E-state index >= 15 is 0 Å². The van der Waals surface area contributed by atoms with Gasteiger partial charge in [0, 0.05) is 37.2 Å². The van der Waals surface area contributed by atoms with E-state index in [0.29, 0.717) is 10.8 Å². The second-order valence-corrected chi connectivity index (χ2v) is 7.92. The molecule has 0 aromatic heterocycles. The maximum Gasteiger partial charge on any atom is 0.325 e. The molecule has 1 aromatic carbocycles. The molecule has 3 aliphatic rings. The summed E-state index contributed by atoms with van der Waals surface area (Å²) in [6, 6.07) is 4.65. The Hall–Kier alpha value is -2.94. The highest BCUT2D eigenvalue weighted by atomic mass is 35.5. The monoisotopic (exact) mass is 432 g/mol. The first-order chi connectivity index (χ1) is 14.3. The van der Waals surface area contributed by atoms with Crippen LogP contribution in [0.3, 0.4) is 0 Å². The number of urea groups is 1. The quantitative estimate of drug-likeness (QED) is 0.670. The summed E-state index contributed by atoms with van der Waals surface area (Å²) in [4.78, 5) is 34.7. The minimum absolute atomic E-state index is 0.311. The summed E-state index contributed by atoms with van der Waals surface area (Å²) >= 11 is 6.17. The number of aliphatic imine (C=N–C) groups is 1. The number of imide groups is 1. The first-order valence-electron chi connectivity index (χ1n) is 9.80. The van der Waals surface area contributed by atoms with E-state index in [1.54, 1.807) is 14.2 Å². The SMILES string of the molecule is COc1ccc(NCCCN2C3=NC4C(C(=O)NC(=O)N4C)N3C(C)=C2C)cc1Cl. The molecule has 3 heterocycles. The zero-order valence-corrected chi connectivity index (χ0v) is 18.2. The predicted molar refractivity (Wildman–Crippen MR) is 114 cm³/mol. The lowest BCUT2D eigenvalue weighted by atomic mass is 10.1. The number of benzene rings is 1. The number of nitrogens with zero attached hydrogens (tertiary/aromatic N) is 4. The Morgan fingerprint density at radius 1 is 1.27 bits per heavy atom. The molecule has 30 heavy (non-hydrogen) atoms. The molecular weight excluding hydrogens is 408 g/mol. The smallest absolute Gasteiger partial charge is 0.325 e. The van der Waals surface area contributed by atoms with Gasteiger partial charge in [0.15, 0.2) is 12.2 Å². The average molecular weight is 433 g/mol. The van der Waals surface area contributed by atoms with Gasteiger partial charge in [0.25, 0.3) is 5.91 Å². The number of guanidine groups is 1. The van der Waals surface area contributed by atoms with E-state index < -0.39 is 18.2 Å². The minimum Gasteiger partial charge on any atom is -0.495 e. The summed E-state index contributed by atoms with van der Waals surface area (Å²) in [5.74, 6) is 1.06. The number of hydrogen-bond donors (Lipinski definition) is 2. The number of ether oxygens (including phenoxy) is 1. The van der Waals surface area contributed by atoms with Crippen LogP contribution in [-0.2, 0) is 4.79 Å². The topological polar surface area (TPSA) is 89.5 Å². The van der Waals surface area contributed by atoms with Crippen LogP contribution in [0.1, 0.15) is 20.3 Å². The third-order valence-corrected chi connectivity index (χ3v) is 6.11. The highest BCUT2D eigenvalue weighted by molar-refractivity contribution is 6.32. The Kier molecular flexibility index (Phi) is 5.23. The van der Waals surface area contributed by atoms with Crippen LogP contribution in [0.25, 0.3) is 0 Å². The molecule has 1 saturated heterocycles. The van der Waals surface area contributed by atoms with E-state index in [-0.39, 0.29) is 5.91 Å². The Balaban J connectivity index is 1.42. The predicted octanol–water partition coefficient (Wildman–Crippen LogP) is 2.27. The van der Waals surface area contributed by atoms with Gasteiger partial charge < -0.3 is 19.9 Å². The van der Waals surface area contributed by atoms with Crippen LogP contribution in [0.2, 0.25) is 5.02 Å². The second-order valence-electron chi connectivity index (χ2n) is 7.51. The Morgan fingerprint density at radius 2 is 2.03 bits per heavy atom. The molecule has 160 valence electrons. The van der Waals surface area contributed by atoms with Gasteiger partial charge in [-0.3, -0.25) is 15.0 Å². The highest BCUT2D eigenvalue weighted by Crippen LogP contribution is 2.36. The molecule has 2 atom stereocenters. The van der Waals surface area contributed by atoms with E-state index in [1.807, 2.05) is 36.9 Å². The fourth-order valence-corrected chi connectivity index (χ4v) is 4.30. The molecule has 0 spiro atoms. The molecule has 1 fully saturated rings. The van der Waals surface area contributed by atoms with Crippen molar-refractivity contribution >= 4 is 35.2 Å². The molecule has 1 aromatic rings. The van der Waals surface area contributed by atoms with Crippen LogP contribution < -0.4 is 15.4 Å². The van der Waals surface area contributed by atoms with Crippen LogP contribution in [0.4, 0.5) is 10.5 Å². The number of rotatable bonds is 6. The number of likely N-dealkylation sites (N-methyl/N-ethyl adjacent to an activating group) is 1. The first-order valence-corrected chi connectivity index (χ1v) is 10.2. The van der Waals surface area contributed by atoms with Crippen LogP contribution in [-0.4, -0.2) is 72.1 Å². The van der Waals surface area contributed by atoms with Crippen LogP contribution in [0.5, 0.6) is 5.75 Å². The number of allylic oxidation sites excluding steroid dienone is 2. The first kappa shape index (κ1) is 20.3. The number of anilines is 1.